The van der Waals surface area contributed by atoms with Gasteiger partial charge in [0.2, 0.25) is 5.91 Å². The molecule has 0 aliphatic rings. The predicted molar refractivity (Wildman–Crippen MR) is 97.7 cm³/mol. The van der Waals surface area contributed by atoms with E-state index in [4.69, 9.17) is 11.6 Å². The van der Waals surface area contributed by atoms with Crippen molar-refractivity contribution in [1.29, 1.82) is 0 Å². The van der Waals surface area contributed by atoms with E-state index >= 15 is 0 Å². The number of anilines is 2. The number of amides is 2. The van der Waals surface area contributed by atoms with Crippen LogP contribution in [0, 0.1) is 0 Å². The molecule has 0 saturated heterocycles. The van der Waals surface area contributed by atoms with Crippen LogP contribution < -0.4 is 10.6 Å². The second kappa shape index (κ2) is 6.72. The molecule has 0 spiro atoms. The van der Waals surface area contributed by atoms with Gasteiger partial charge in [-0.15, -0.1) is 0 Å². The highest BCUT2D eigenvalue weighted by molar-refractivity contribution is 6.34. The van der Waals surface area contributed by atoms with Gasteiger partial charge in [0.1, 0.15) is 0 Å². The van der Waals surface area contributed by atoms with Crippen LogP contribution in [0.3, 0.4) is 0 Å². The third kappa shape index (κ3) is 3.39. The van der Waals surface area contributed by atoms with Crippen molar-refractivity contribution in [3.05, 3.63) is 71.2 Å². The molecule has 3 rings (SSSR count). The fraction of sp³-hybridized carbons (Fsp3) is 0.0526. The molecule has 0 radical (unpaired) electrons. The molecule has 3 aromatic carbocycles. The Labute approximate surface area is 144 Å². The Morgan fingerprint density at radius 1 is 0.833 bits per heavy atom. The lowest BCUT2D eigenvalue weighted by molar-refractivity contribution is -0.114. The molecule has 5 heteroatoms. The molecule has 2 amide bonds. The van der Waals surface area contributed by atoms with E-state index in [1.54, 1.807) is 36.4 Å². The zero-order valence-electron chi connectivity index (χ0n) is 13.0. The smallest absolute Gasteiger partial charge is 0.257 e. The van der Waals surface area contributed by atoms with Crippen LogP contribution >= 0.6 is 11.6 Å². The average Bonchev–Trinajstić information content (AvgIpc) is 2.55. The summed E-state index contributed by atoms with van der Waals surface area (Å²) in [6, 6.07) is 18.2. The molecule has 0 heterocycles. The summed E-state index contributed by atoms with van der Waals surface area (Å²) in [4.78, 5) is 24.2. The van der Waals surface area contributed by atoms with Crippen molar-refractivity contribution in [2.75, 3.05) is 10.6 Å². The van der Waals surface area contributed by atoms with Crippen LogP contribution in [-0.2, 0) is 4.79 Å². The van der Waals surface area contributed by atoms with Gasteiger partial charge in [-0.25, -0.2) is 0 Å². The van der Waals surface area contributed by atoms with E-state index in [0.717, 1.165) is 10.8 Å². The first-order valence-electron chi connectivity index (χ1n) is 7.41. The normalized spacial score (nSPS) is 10.4. The largest absolute Gasteiger partial charge is 0.326 e. The van der Waals surface area contributed by atoms with Gasteiger partial charge in [-0.05, 0) is 35.0 Å². The number of rotatable bonds is 3. The maximum Gasteiger partial charge on any atom is 0.257 e. The van der Waals surface area contributed by atoms with E-state index in [1.807, 2.05) is 24.3 Å². The molecule has 3 aromatic rings. The number of hydrogen-bond acceptors (Lipinski definition) is 2. The Balaban J connectivity index is 2.04. The number of para-hydroxylation sites is 1. The predicted octanol–water partition coefficient (Wildman–Crippen LogP) is 4.70. The van der Waals surface area contributed by atoms with Crippen LogP contribution in [0.5, 0.6) is 0 Å². The molecule has 0 fully saturated rings. The lowest BCUT2D eigenvalue weighted by Crippen LogP contribution is -2.16. The van der Waals surface area contributed by atoms with Gasteiger partial charge in [0.15, 0.2) is 0 Å². The van der Waals surface area contributed by atoms with Crippen LogP contribution in [0.2, 0.25) is 5.02 Å². The van der Waals surface area contributed by atoms with Crippen molar-refractivity contribution >= 4 is 45.6 Å². The van der Waals surface area contributed by atoms with Crippen molar-refractivity contribution in [1.82, 2.24) is 0 Å². The summed E-state index contributed by atoms with van der Waals surface area (Å²) in [6.45, 7) is 1.41. The van der Waals surface area contributed by atoms with Crippen LogP contribution in [0.1, 0.15) is 17.3 Å². The molecule has 0 bridgehead atoms. The maximum atomic E-state index is 12.7. The summed E-state index contributed by atoms with van der Waals surface area (Å²) in [6.07, 6.45) is 0. The standard InChI is InChI=1S/C19H15ClN2O2/c1-12(23)21-18-11-14-7-3-2-6-13(14)10-15(18)19(24)22-17-9-5-4-8-16(17)20/h2-11H,1H3,(H,21,23)(H,22,24). The molecular weight excluding hydrogens is 324 g/mol. The number of fused-ring (bicyclic) bond motifs is 1. The molecular formula is C19H15ClN2O2. The number of benzene rings is 3. The monoisotopic (exact) mass is 338 g/mol. The van der Waals surface area contributed by atoms with Crippen molar-refractivity contribution in [3.63, 3.8) is 0 Å². The molecule has 0 aromatic heterocycles. The third-order valence-electron chi connectivity index (χ3n) is 3.56. The van der Waals surface area contributed by atoms with E-state index in [1.165, 1.54) is 6.92 Å². The molecule has 24 heavy (non-hydrogen) atoms. The van der Waals surface area contributed by atoms with Crippen LogP contribution in [-0.4, -0.2) is 11.8 Å². The minimum atomic E-state index is -0.336. The zero-order valence-corrected chi connectivity index (χ0v) is 13.7. The summed E-state index contributed by atoms with van der Waals surface area (Å²) in [5.41, 5.74) is 1.36. The molecule has 0 aliphatic heterocycles. The van der Waals surface area contributed by atoms with Gasteiger partial charge < -0.3 is 10.6 Å². The van der Waals surface area contributed by atoms with E-state index in [9.17, 15) is 9.59 Å². The zero-order chi connectivity index (χ0) is 17.1. The molecule has 120 valence electrons. The third-order valence-corrected chi connectivity index (χ3v) is 3.89. The van der Waals surface area contributed by atoms with E-state index < -0.39 is 0 Å². The Morgan fingerprint density at radius 2 is 1.46 bits per heavy atom. The van der Waals surface area contributed by atoms with Crippen LogP contribution in [0.4, 0.5) is 11.4 Å². The molecule has 2 N–H and O–H groups in total. The van der Waals surface area contributed by atoms with Crippen molar-refractivity contribution in [2.24, 2.45) is 0 Å². The lowest BCUT2D eigenvalue weighted by atomic mass is 10.0. The fourth-order valence-corrected chi connectivity index (χ4v) is 2.66. The van der Waals surface area contributed by atoms with Gasteiger partial charge in [-0.1, -0.05) is 48.0 Å². The van der Waals surface area contributed by atoms with Gasteiger partial charge >= 0.3 is 0 Å². The van der Waals surface area contributed by atoms with Crippen molar-refractivity contribution in [2.45, 2.75) is 6.92 Å². The topological polar surface area (TPSA) is 58.2 Å². The maximum absolute atomic E-state index is 12.7. The molecule has 0 unspecified atom stereocenters. The van der Waals surface area contributed by atoms with E-state index in [-0.39, 0.29) is 11.8 Å². The van der Waals surface area contributed by atoms with E-state index in [0.29, 0.717) is 22.0 Å². The molecule has 4 nitrogen and oxygen atoms in total. The summed E-state index contributed by atoms with van der Waals surface area (Å²) < 4.78 is 0. The molecule has 0 saturated carbocycles. The summed E-state index contributed by atoms with van der Waals surface area (Å²) in [5, 5.41) is 7.80. The quantitative estimate of drug-likeness (QED) is 0.727. The second-order valence-corrected chi connectivity index (χ2v) is 5.77. The summed E-state index contributed by atoms with van der Waals surface area (Å²) in [5.74, 6) is -0.574. The van der Waals surface area contributed by atoms with Crippen molar-refractivity contribution < 1.29 is 9.59 Å². The van der Waals surface area contributed by atoms with E-state index in [2.05, 4.69) is 10.6 Å². The minimum absolute atomic E-state index is 0.239. The SMILES string of the molecule is CC(=O)Nc1cc2ccccc2cc1C(=O)Nc1ccccc1Cl. The fourth-order valence-electron chi connectivity index (χ4n) is 2.47. The second-order valence-electron chi connectivity index (χ2n) is 5.36. The van der Waals surface area contributed by atoms with Gasteiger partial charge in [-0.2, -0.15) is 0 Å². The highest BCUT2D eigenvalue weighted by atomic mass is 35.5. The highest BCUT2D eigenvalue weighted by Gasteiger charge is 2.15. The Hall–Kier alpha value is -2.85. The first kappa shape index (κ1) is 16.0. The number of hydrogen-bond donors (Lipinski definition) is 2. The van der Waals surface area contributed by atoms with Gasteiger partial charge in [0, 0.05) is 6.92 Å². The highest BCUT2D eigenvalue weighted by Crippen LogP contribution is 2.27. The number of carbonyl (C=O) groups is 2. The number of carbonyl (C=O) groups excluding carboxylic acids is 2. The Bertz CT molecular complexity index is 938. The summed E-state index contributed by atoms with van der Waals surface area (Å²) >= 11 is 6.09. The van der Waals surface area contributed by atoms with Gasteiger partial charge in [0.25, 0.3) is 5.91 Å². The molecule has 0 atom stereocenters. The minimum Gasteiger partial charge on any atom is -0.326 e. The van der Waals surface area contributed by atoms with Crippen LogP contribution in [0.25, 0.3) is 10.8 Å². The average molecular weight is 339 g/mol. The van der Waals surface area contributed by atoms with Gasteiger partial charge in [-0.3, -0.25) is 9.59 Å². The summed E-state index contributed by atoms with van der Waals surface area (Å²) in [7, 11) is 0. The Morgan fingerprint density at radius 3 is 2.12 bits per heavy atom. The van der Waals surface area contributed by atoms with Gasteiger partial charge in [0.05, 0.1) is 22.0 Å². The van der Waals surface area contributed by atoms with Crippen molar-refractivity contribution in [3.8, 4) is 0 Å². The first-order valence-corrected chi connectivity index (χ1v) is 7.78. The first-order chi connectivity index (χ1) is 11.5. The van der Waals surface area contributed by atoms with Crippen LogP contribution in [0.15, 0.2) is 60.7 Å². The Kier molecular flexibility index (Phi) is 4.49. The number of nitrogens with one attached hydrogen (secondary N) is 2. The molecule has 0 aliphatic carbocycles. The number of halogens is 1. The lowest BCUT2D eigenvalue weighted by Gasteiger charge is -2.13.